The molecule has 3 N–H and O–H groups in total. The van der Waals surface area contributed by atoms with Crippen molar-refractivity contribution in [3.8, 4) is 5.75 Å². The van der Waals surface area contributed by atoms with Gasteiger partial charge in [0.1, 0.15) is 18.3 Å². The van der Waals surface area contributed by atoms with E-state index in [0.29, 0.717) is 6.54 Å². The van der Waals surface area contributed by atoms with Gasteiger partial charge < -0.3 is 15.0 Å². The molecule has 150 valence electrons. The molecule has 1 aliphatic heterocycles. The minimum atomic E-state index is -0.415. The van der Waals surface area contributed by atoms with Gasteiger partial charge >= 0.3 is 0 Å². The van der Waals surface area contributed by atoms with Crippen LogP contribution in [0.5, 0.6) is 5.75 Å². The zero-order chi connectivity index (χ0) is 19.9. The monoisotopic (exact) mass is 387 g/mol. The van der Waals surface area contributed by atoms with E-state index in [1.54, 1.807) is 7.11 Å². The van der Waals surface area contributed by atoms with Gasteiger partial charge in [-0.25, -0.2) is 4.68 Å². The van der Waals surface area contributed by atoms with Crippen LogP contribution in [-0.4, -0.2) is 42.4 Å². The molecule has 28 heavy (non-hydrogen) atoms. The van der Waals surface area contributed by atoms with Crippen molar-refractivity contribution >= 4 is 5.91 Å². The quantitative estimate of drug-likeness (QED) is 0.595. The first-order valence-corrected chi connectivity index (χ1v) is 9.62. The van der Waals surface area contributed by atoms with E-state index in [9.17, 15) is 14.4 Å². The summed E-state index contributed by atoms with van der Waals surface area (Å²) in [5, 5.41) is 5.30. The Balaban J connectivity index is 1.69. The maximum atomic E-state index is 12.4. The summed E-state index contributed by atoms with van der Waals surface area (Å²) in [6.07, 6.45) is 3.60. The molecule has 1 aliphatic rings. The third-order valence-corrected chi connectivity index (χ3v) is 5.20. The smallest absolute Gasteiger partial charge is 0.265 e. The number of rotatable bonds is 7. The number of hydrogen-bond acceptors (Lipinski definition) is 4. The van der Waals surface area contributed by atoms with Crippen molar-refractivity contribution in [2.24, 2.45) is 0 Å². The standard InChI is InChI=1S/C20H26N4O4/c1-28-16-7-5-15(6-8-16)17(23-11-3-2-4-12-23)13-21-19(26)14-24-20(27)10-9-18(25)22-24/h5-10,17H,2-4,11-14H2,1H3,(H,21,26)(H,22,25)/p+1/t17-/m1/s1. The lowest BCUT2D eigenvalue weighted by Gasteiger charge is -2.32. The van der Waals surface area contributed by atoms with Crippen LogP contribution in [0.3, 0.4) is 0 Å². The lowest BCUT2D eigenvalue weighted by Crippen LogP contribution is -3.13. The average molecular weight is 387 g/mol. The van der Waals surface area contributed by atoms with Crippen molar-refractivity contribution in [2.45, 2.75) is 31.8 Å². The van der Waals surface area contributed by atoms with Crippen LogP contribution in [0.2, 0.25) is 0 Å². The molecule has 1 saturated heterocycles. The lowest BCUT2D eigenvalue weighted by molar-refractivity contribution is -0.935. The van der Waals surface area contributed by atoms with Gasteiger partial charge in [-0.2, -0.15) is 0 Å². The fourth-order valence-corrected chi connectivity index (χ4v) is 3.68. The molecule has 2 heterocycles. The molecule has 0 bridgehead atoms. The normalized spacial score (nSPS) is 15.8. The van der Waals surface area contributed by atoms with Gasteiger partial charge in [0.05, 0.1) is 26.7 Å². The summed E-state index contributed by atoms with van der Waals surface area (Å²) in [6, 6.07) is 10.4. The zero-order valence-corrected chi connectivity index (χ0v) is 16.1. The molecule has 0 aliphatic carbocycles. The molecule has 1 atom stereocenters. The number of ether oxygens (including phenoxy) is 1. The van der Waals surface area contributed by atoms with E-state index in [4.69, 9.17) is 4.74 Å². The number of carbonyl (C=O) groups is 1. The molecular formula is C20H27N4O4+. The first-order chi connectivity index (χ1) is 13.6. The first-order valence-electron chi connectivity index (χ1n) is 9.62. The second kappa shape index (κ2) is 9.36. The van der Waals surface area contributed by atoms with Gasteiger partial charge in [0.15, 0.2) is 0 Å². The number of methoxy groups -OCH3 is 1. The van der Waals surface area contributed by atoms with Gasteiger partial charge in [0, 0.05) is 17.7 Å². The van der Waals surface area contributed by atoms with Crippen molar-refractivity contribution in [2.75, 3.05) is 26.7 Å². The number of H-pyrrole nitrogens is 1. The Morgan fingerprint density at radius 1 is 1.14 bits per heavy atom. The molecule has 2 aromatic rings. The summed E-state index contributed by atoms with van der Waals surface area (Å²) in [7, 11) is 1.64. The van der Waals surface area contributed by atoms with Crippen LogP contribution < -0.4 is 26.1 Å². The van der Waals surface area contributed by atoms with Crippen LogP contribution >= 0.6 is 0 Å². The van der Waals surface area contributed by atoms with Crippen molar-refractivity contribution in [1.82, 2.24) is 15.1 Å². The molecule has 0 spiro atoms. The van der Waals surface area contributed by atoms with E-state index in [0.717, 1.165) is 41.2 Å². The van der Waals surface area contributed by atoms with E-state index < -0.39 is 11.1 Å². The van der Waals surface area contributed by atoms with Gasteiger partial charge in [0.25, 0.3) is 11.1 Å². The van der Waals surface area contributed by atoms with Crippen molar-refractivity contribution in [1.29, 1.82) is 0 Å². The van der Waals surface area contributed by atoms with E-state index >= 15 is 0 Å². The Kier molecular flexibility index (Phi) is 6.65. The first kappa shape index (κ1) is 19.9. The topological polar surface area (TPSA) is 97.6 Å². The minimum Gasteiger partial charge on any atom is -0.497 e. The number of nitrogens with zero attached hydrogens (tertiary/aromatic N) is 1. The molecular weight excluding hydrogens is 360 g/mol. The highest BCUT2D eigenvalue weighted by atomic mass is 16.5. The van der Waals surface area contributed by atoms with Gasteiger partial charge in [-0.1, -0.05) is 0 Å². The van der Waals surface area contributed by atoms with Crippen LogP contribution in [-0.2, 0) is 11.3 Å². The molecule has 8 nitrogen and oxygen atoms in total. The highest BCUT2D eigenvalue weighted by Gasteiger charge is 2.26. The molecule has 8 heteroatoms. The number of benzene rings is 1. The number of likely N-dealkylation sites (tertiary alicyclic amines) is 1. The largest absolute Gasteiger partial charge is 0.497 e. The van der Waals surface area contributed by atoms with Gasteiger partial charge in [0.2, 0.25) is 5.91 Å². The number of amides is 1. The second-order valence-corrected chi connectivity index (χ2v) is 7.08. The summed E-state index contributed by atoms with van der Waals surface area (Å²) in [5.41, 5.74) is 0.313. The maximum absolute atomic E-state index is 12.4. The lowest BCUT2D eigenvalue weighted by atomic mass is 10.0. The SMILES string of the molecule is COc1ccc([C@@H](CNC(=O)Cn2[nH]c(=O)ccc2=O)[NH+]2CCCCC2)cc1. The Hall–Kier alpha value is -2.87. The van der Waals surface area contributed by atoms with Crippen molar-refractivity contribution < 1.29 is 14.4 Å². The zero-order valence-electron chi connectivity index (χ0n) is 16.1. The summed E-state index contributed by atoms with van der Waals surface area (Å²) >= 11 is 0. The van der Waals surface area contributed by atoms with E-state index in [1.165, 1.54) is 24.2 Å². The minimum absolute atomic E-state index is 0.127. The maximum Gasteiger partial charge on any atom is 0.265 e. The van der Waals surface area contributed by atoms with E-state index in [-0.39, 0.29) is 18.5 Å². The Morgan fingerprint density at radius 2 is 1.86 bits per heavy atom. The summed E-state index contributed by atoms with van der Waals surface area (Å²) in [4.78, 5) is 37.0. The number of piperidine rings is 1. The number of nitrogens with one attached hydrogen (secondary N) is 3. The summed E-state index contributed by atoms with van der Waals surface area (Å²) in [5.74, 6) is 0.492. The predicted molar refractivity (Wildman–Crippen MR) is 105 cm³/mol. The molecule has 0 unspecified atom stereocenters. The summed E-state index contributed by atoms with van der Waals surface area (Å²) < 4.78 is 6.26. The molecule has 1 aromatic carbocycles. The Morgan fingerprint density at radius 3 is 2.54 bits per heavy atom. The van der Waals surface area contributed by atoms with Gasteiger partial charge in [-0.15, -0.1) is 0 Å². The second-order valence-electron chi connectivity index (χ2n) is 7.08. The van der Waals surface area contributed by atoms with Crippen LogP contribution in [0.1, 0.15) is 30.9 Å². The van der Waals surface area contributed by atoms with Gasteiger partial charge in [-0.05, 0) is 43.5 Å². The number of carbonyl (C=O) groups excluding carboxylic acids is 1. The highest BCUT2D eigenvalue weighted by Crippen LogP contribution is 2.16. The fraction of sp³-hybridized carbons (Fsp3) is 0.450. The molecule has 0 radical (unpaired) electrons. The number of hydrogen-bond donors (Lipinski definition) is 3. The van der Waals surface area contributed by atoms with Crippen LogP contribution in [0.25, 0.3) is 0 Å². The third kappa shape index (κ3) is 5.10. The number of aromatic nitrogens is 2. The van der Waals surface area contributed by atoms with E-state index in [2.05, 4.69) is 10.4 Å². The van der Waals surface area contributed by atoms with Crippen LogP contribution in [0.4, 0.5) is 0 Å². The van der Waals surface area contributed by atoms with Gasteiger partial charge in [-0.3, -0.25) is 19.5 Å². The molecule has 1 fully saturated rings. The van der Waals surface area contributed by atoms with E-state index in [1.807, 2.05) is 24.3 Å². The van der Waals surface area contributed by atoms with Crippen LogP contribution in [0.15, 0.2) is 46.0 Å². The average Bonchev–Trinajstić information content (AvgIpc) is 2.72. The van der Waals surface area contributed by atoms with Crippen LogP contribution in [0, 0.1) is 0 Å². The Labute approximate surface area is 163 Å². The fourth-order valence-electron chi connectivity index (χ4n) is 3.68. The molecule has 0 saturated carbocycles. The number of aromatic amines is 1. The third-order valence-electron chi connectivity index (χ3n) is 5.20. The molecule has 1 aromatic heterocycles. The van der Waals surface area contributed by atoms with Crippen molar-refractivity contribution in [3.05, 3.63) is 62.7 Å². The highest BCUT2D eigenvalue weighted by molar-refractivity contribution is 5.75. The molecule has 1 amide bonds. The number of quaternary nitrogens is 1. The summed E-state index contributed by atoms with van der Waals surface area (Å²) in [6.45, 7) is 2.39. The molecule has 3 rings (SSSR count). The Bertz CT molecular complexity index is 897. The predicted octanol–water partition coefficient (Wildman–Crippen LogP) is -0.528. The van der Waals surface area contributed by atoms with Crippen molar-refractivity contribution in [3.63, 3.8) is 0 Å².